The van der Waals surface area contributed by atoms with Gasteiger partial charge in [-0.2, -0.15) is 12.7 Å². The third-order valence-electron chi connectivity index (χ3n) is 4.27. The molecular formula is C19H19F3N2O3S2. The molecule has 0 N–H and O–H groups in total. The van der Waals surface area contributed by atoms with Crippen LogP contribution in [0, 0.1) is 6.92 Å². The van der Waals surface area contributed by atoms with Crippen LogP contribution in [0.25, 0.3) is 10.1 Å². The van der Waals surface area contributed by atoms with Gasteiger partial charge < -0.3 is 4.74 Å². The van der Waals surface area contributed by atoms with Gasteiger partial charge in [-0.25, -0.2) is 4.31 Å². The molecular weight excluding hydrogens is 425 g/mol. The Kier molecular flexibility index (Phi) is 5.79. The van der Waals surface area contributed by atoms with Crippen molar-refractivity contribution in [2.24, 2.45) is 0 Å². The smallest absolute Gasteiger partial charge is 0.406 e. The number of thiophene rings is 1. The summed E-state index contributed by atoms with van der Waals surface area (Å²) in [7, 11) is -0.962. The highest BCUT2D eigenvalue weighted by Gasteiger charge is 2.31. The fraction of sp³-hybridized carbons (Fsp3) is 0.263. The highest BCUT2D eigenvalue weighted by Crippen LogP contribution is 2.39. The molecule has 29 heavy (non-hydrogen) atoms. The van der Waals surface area contributed by atoms with Crippen LogP contribution in [0.4, 0.5) is 18.2 Å². The number of ether oxygens (including phenoxy) is 1. The normalized spacial score (nSPS) is 12.5. The zero-order valence-corrected chi connectivity index (χ0v) is 17.5. The first-order valence-corrected chi connectivity index (χ1v) is 10.7. The van der Waals surface area contributed by atoms with Crippen molar-refractivity contribution in [1.82, 2.24) is 4.31 Å². The van der Waals surface area contributed by atoms with Crippen LogP contribution in [0.1, 0.15) is 11.1 Å². The van der Waals surface area contributed by atoms with E-state index < -0.39 is 16.6 Å². The second kappa shape index (κ2) is 7.85. The van der Waals surface area contributed by atoms with Crippen LogP contribution in [-0.4, -0.2) is 33.2 Å². The molecule has 156 valence electrons. The van der Waals surface area contributed by atoms with Gasteiger partial charge in [0.25, 0.3) is 0 Å². The van der Waals surface area contributed by atoms with Gasteiger partial charge in [-0.15, -0.1) is 24.5 Å². The lowest BCUT2D eigenvalue weighted by molar-refractivity contribution is -0.274. The Morgan fingerprint density at radius 3 is 2.21 bits per heavy atom. The number of hydrogen-bond acceptors (Lipinski definition) is 4. The lowest BCUT2D eigenvalue weighted by atomic mass is 10.2. The molecule has 2 aromatic carbocycles. The van der Waals surface area contributed by atoms with E-state index in [1.165, 1.54) is 54.0 Å². The average Bonchev–Trinajstić information content (AvgIpc) is 2.96. The third kappa shape index (κ3) is 4.65. The summed E-state index contributed by atoms with van der Waals surface area (Å²) in [6.07, 6.45) is -4.78. The van der Waals surface area contributed by atoms with E-state index in [0.29, 0.717) is 10.6 Å². The Morgan fingerprint density at radius 1 is 1.03 bits per heavy atom. The minimum absolute atomic E-state index is 0.0273. The van der Waals surface area contributed by atoms with Gasteiger partial charge in [-0.05, 0) is 41.6 Å². The first kappa shape index (κ1) is 21.4. The number of hydrogen-bond donors (Lipinski definition) is 0. The summed E-state index contributed by atoms with van der Waals surface area (Å²) in [6, 6.07) is 12.8. The molecule has 0 saturated heterocycles. The van der Waals surface area contributed by atoms with Crippen LogP contribution in [0.3, 0.4) is 0 Å². The second-order valence-electron chi connectivity index (χ2n) is 6.52. The quantitative estimate of drug-likeness (QED) is 0.542. The van der Waals surface area contributed by atoms with Crippen molar-refractivity contribution in [1.29, 1.82) is 0 Å². The molecule has 5 nitrogen and oxygen atoms in total. The van der Waals surface area contributed by atoms with Crippen molar-refractivity contribution in [3.63, 3.8) is 0 Å². The number of alkyl halides is 3. The van der Waals surface area contributed by atoms with E-state index in [-0.39, 0.29) is 12.3 Å². The standard InChI is InChI=1S/C19H19F3N2O3S2/c1-13-16-6-4-5-7-17(16)28-18(13)24(29(25,26)23(2)3)12-14-8-10-15(11-9-14)27-19(20,21)22/h4-11H,12H2,1-3H3. The first-order valence-electron chi connectivity index (χ1n) is 8.52. The molecule has 0 fully saturated rings. The zero-order chi connectivity index (χ0) is 21.4. The fourth-order valence-electron chi connectivity index (χ4n) is 2.82. The number of benzene rings is 2. The Balaban J connectivity index is 2.00. The van der Waals surface area contributed by atoms with Crippen molar-refractivity contribution >= 4 is 36.6 Å². The summed E-state index contributed by atoms with van der Waals surface area (Å²) < 4.78 is 70.3. The molecule has 0 unspecified atom stereocenters. The Morgan fingerprint density at radius 2 is 1.66 bits per heavy atom. The van der Waals surface area contributed by atoms with Crippen LogP contribution in [0.5, 0.6) is 5.75 Å². The molecule has 0 atom stereocenters. The van der Waals surface area contributed by atoms with E-state index in [9.17, 15) is 21.6 Å². The van der Waals surface area contributed by atoms with Crippen LogP contribution in [0.2, 0.25) is 0 Å². The van der Waals surface area contributed by atoms with E-state index in [2.05, 4.69) is 4.74 Å². The van der Waals surface area contributed by atoms with Crippen LogP contribution < -0.4 is 9.04 Å². The molecule has 3 rings (SSSR count). The van der Waals surface area contributed by atoms with Gasteiger partial charge in [0.15, 0.2) is 0 Å². The summed E-state index contributed by atoms with van der Waals surface area (Å²) in [5.41, 5.74) is 1.36. The molecule has 1 heterocycles. The Bertz CT molecular complexity index is 1110. The Labute approximate surface area is 171 Å². The molecule has 0 radical (unpaired) electrons. The fourth-order valence-corrected chi connectivity index (χ4v) is 5.38. The van der Waals surface area contributed by atoms with Gasteiger partial charge >= 0.3 is 16.6 Å². The van der Waals surface area contributed by atoms with Crippen molar-refractivity contribution < 1.29 is 26.3 Å². The van der Waals surface area contributed by atoms with E-state index in [4.69, 9.17) is 0 Å². The summed E-state index contributed by atoms with van der Waals surface area (Å²) in [6.45, 7) is 1.83. The largest absolute Gasteiger partial charge is 0.573 e. The maximum Gasteiger partial charge on any atom is 0.573 e. The van der Waals surface area contributed by atoms with E-state index in [1.54, 1.807) is 0 Å². The van der Waals surface area contributed by atoms with Gasteiger partial charge in [-0.1, -0.05) is 30.3 Å². The minimum atomic E-state index is -4.78. The molecule has 10 heteroatoms. The van der Waals surface area contributed by atoms with E-state index >= 15 is 0 Å². The van der Waals surface area contributed by atoms with Crippen LogP contribution >= 0.6 is 11.3 Å². The van der Waals surface area contributed by atoms with Crippen molar-refractivity contribution in [2.75, 3.05) is 18.4 Å². The highest BCUT2D eigenvalue weighted by molar-refractivity contribution is 7.90. The number of nitrogens with zero attached hydrogens (tertiary/aromatic N) is 2. The minimum Gasteiger partial charge on any atom is -0.406 e. The molecule has 0 amide bonds. The molecule has 0 spiro atoms. The number of fused-ring (bicyclic) bond motifs is 1. The predicted molar refractivity (Wildman–Crippen MR) is 108 cm³/mol. The maximum atomic E-state index is 13.0. The summed E-state index contributed by atoms with van der Waals surface area (Å²) in [5.74, 6) is -0.360. The van der Waals surface area contributed by atoms with Gasteiger partial charge in [0, 0.05) is 18.8 Å². The number of anilines is 1. The van der Waals surface area contributed by atoms with E-state index in [1.807, 2.05) is 31.2 Å². The lowest BCUT2D eigenvalue weighted by Crippen LogP contribution is -2.39. The van der Waals surface area contributed by atoms with Crippen molar-refractivity contribution in [3.8, 4) is 5.75 Å². The molecule has 0 aliphatic rings. The predicted octanol–water partition coefficient (Wildman–Crippen LogP) is 4.92. The molecule has 0 aliphatic heterocycles. The van der Waals surface area contributed by atoms with Gasteiger partial charge in [0.05, 0.1) is 6.54 Å². The average molecular weight is 445 g/mol. The Hall–Kier alpha value is -2.30. The van der Waals surface area contributed by atoms with Crippen LogP contribution in [-0.2, 0) is 16.8 Å². The third-order valence-corrected chi connectivity index (χ3v) is 7.47. The maximum absolute atomic E-state index is 13.0. The van der Waals surface area contributed by atoms with Crippen molar-refractivity contribution in [3.05, 3.63) is 59.7 Å². The van der Waals surface area contributed by atoms with Crippen molar-refractivity contribution in [2.45, 2.75) is 19.8 Å². The second-order valence-corrected chi connectivity index (χ2v) is 9.61. The van der Waals surface area contributed by atoms with Crippen LogP contribution in [0.15, 0.2) is 48.5 Å². The number of aryl methyl sites for hydroxylation is 1. The topological polar surface area (TPSA) is 49.9 Å². The first-order chi connectivity index (χ1) is 13.5. The SMILES string of the molecule is Cc1c(N(Cc2ccc(OC(F)(F)F)cc2)S(=O)(=O)N(C)C)sc2ccccc12. The summed E-state index contributed by atoms with van der Waals surface area (Å²) in [4.78, 5) is 0. The molecule has 3 aromatic rings. The highest BCUT2D eigenvalue weighted by atomic mass is 32.2. The van der Waals surface area contributed by atoms with Gasteiger partial charge in [-0.3, -0.25) is 0 Å². The van der Waals surface area contributed by atoms with Gasteiger partial charge in [0.1, 0.15) is 10.8 Å². The molecule has 1 aromatic heterocycles. The monoisotopic (exact) mass is 444 g/mol. The van der Waals surface area contributed by atoms with E-state index in [0.717, 1.165) is 20.0 Å². The number of rotatable bonds is 6. The summed E-state index contributed by atoms with van der Waals surface area (Å²) >= 11 is 1.35. The summed E-state index contributed by atoms with van der Waals surface area (Å²) in [5, 5.41) is 1.52. The molecule has 0 aliphatic carbocycles. The number of halogens is 3. The molecule has 0 saturated carbocycles. The zero-order valence-electron chi connectivity index (χ0n) is 15.9. The van der Waals surface area contributed by atoms with Gasteiger partial charge in [0.2, 0.25) is 0 Å². The lowest BCUT2D eigenvalue weighted by Gasteiger charge is -2.27. The molecule has 0 bridgehead atoms.